The van der Waals surface area contributed by atoms with Crippen LogP contribution < -0.4 is 5.32 Å². The number of H-pyrrole nitrogens is 1. The van der Waals surface area contributed by atoms with Crippen molar-refractivity contribution in [2.24, 2.45) is 5.92 Å². The second kappa shape index (κ2) is 8.03. The first kappa shape index (κ1) is 19.1. The van der Waals surface area contributed by atoms with Crippen LogP contribution in [0.1, 0.15) is 42.5 Å². The highest BCUT2D eigenvalue weighted by atomic mass is 16.2. The highest BCUT2D eigenvalue weighted by Gasteiger charge is 2.42. The second-order valence-electron chi connectivity index (χ2n) is 7.59. The molecule has 2 aromatic carbocycles. The van der Waals surface area contributed by atoms with Crippen LogP contribution in [0.4, 0.5) is 0 Å². The predicted molar refractivity (Wildman–Crippen MR) is 112 cm³/mol. The number of aromatic nitrogens is 1. The van der Waals surface area contributed by atoms with E-state index >= 15 is 0 Å². The maximum absolute atomic E-state index is 12.7. The predicted octanol–water partition coefficient (Wildman–Crippen LogP) is 3.53. The molecule has 148 valence electrons. The van der Waals surface area contributed by atoms with Crippen LogP contribution >= 0.6 is 0 Å². The Bertz CT molecular complexity index is 1050. The van der Waals surface area contributed by atoms with Crippen LogP contribution in [0.5, 0.6) is 0 Å². The highest BCUT2D eigenvalue weighted by Crippen LogP contribution is 2.41. The fourth-order valence-corrected chi connectivity index (χ4v) is 4.41. The van der Waals surface area contributed by atoms with Gasteiger partial charge in [-0.1, -0.05) is 48.5 Å². The molecule has 0 radical (unpaired) electrons. The van der Waals surface area contributed by atoms with Crippen LogP contribution in [0.15, 0.2) is 54.6 Å². The van der Waals surface area contributed by atoms with E-state index in [1.165, 1.54) is 6.92 Å². The van der Waals surface area contributed by atoms with Crippen LogP contribution in [-0.2, 0) is 20.8 Å². The summed E-state index contributed by atoms with van der Waals surface area (Å²) in [5.74, 6) is -1.07. The highest BCUT2D eigenvalue weighted by molar-refractivity contribution is 6.10. The van der Waals surface area contributed by atoms with Gasteiger partial charge in [-0.25, -0.2) is 0 Å². The fraction of sp³-hybridized carbons (Fsp3) is 0.292. The number of carbonyl (C=O) groups is 3. The van der Waals surface area contributed by atoms with Crippen LogP contribution in [0.3, 0.4) is 0 Å². The fourth-order valence-electron chi connectivity index (χ4n) is 4.41. The van der Waals surface area contributed by atoms with Gasteiger partial charge >= 0.3 is 0 Å². The molecule has 1 fully saturated rings. The molecular weight excluding hydrogens is 364 g/mol. The van der Waals surface area contributed by atoms with E-state index < -0.39 is 5.92 Å². The number of para-hydroxylation sites is 1. The third-order valence-corrected chi connectivity index (χ3v) is 5.71. The summed E-state index contributed by atoms with van der Waals surface area (Å²) in [7, 11) is 0. The number of fused-ring (bicyclic) bond motifs is 1. The van der Waals surface area contributed by atoms with Crippen molar-refractivity contribution in [2.45, 2.75) is 32.1 Å². The summed E-state index contributed by atoms with van der Waals surface area (Å²) in [5, 5.41) is 3.92. The van der Waals surface area contributed by atoms with E-state index in [2.05, 4.69) is 10.3 Å². The minimum absolute atomic E-state index is 0.00956. The van der Waals surface area contributed by atoms with E-state index in [1.54, 1.807) is 0 Å². The van der Waals surface area contributed by atoms with Crippen molar-refractivity contribution in [1.29, 1.82) is 0 Å². The third-order valence-electron chi connectivity index (χ3n) is 5.71. The minimum Gasteiger partial charge on any atom is -0.358 e. The molecule has 1 atom stereocenters. The SMILES string of the molecule is CC(=O)NCCc1c(C(c2ccccc2)C2C(=O)CCC2=O)[nH]c2ccccc12. The van der Waals surface area contributed by atoms with E-state index in [1.807, 2.05) is 54.6 Å². The number of Topliss-reactive ketones (excluding diaryl/α,β-unsaturated/α-hetero) is 2. The van der Waals surface area contributed by atoms with Gasteiger partial charge in [-0.05, 0) is 23.6 Å². The zero-order chi connectivity index (χ0) is 20.4. The number of aromatic amines is 1. The summed E-state index contributed by atoms with van der Waals surface area (Å²) in [6.45, 7) is 2.00. The van der Waals surface area contributed by atoms with Gasteiger partial charge in [0.2, 0.25) is 5.91 Å². The van der Waals surface area contributed by atoms with Crippen molar-refractivity contribution < 1.29 is 14.4 Å². The number of hydrogen-bond acceptors (Lipinski definition) is 3. The molecule has 0 aliphatic heterocycles. The second-order valence-corrected chi connectivity index (χ2v) is 7.59. The topological polar surface area (TPSA) is 79.0 Å². The third kappa shape index (κ3) is 3.73. The lowest BCUT2D eigenvalue weighted by Gasteiger charge is -2.23. The molecular formula is C24H24N2O3. The molecule has 29 heavy (non-hydrogen) atoms. The Morgan fingerprint density at radius 2 is 1.69 bits per heavy atom. The minimum atomic E-state index is -0.662. The molecule has 3 aromatic rings. The molecule has 0 saturated heterocycles. The van der Waals surface area contributed by atoms with Gasteiger partial charge < -0.3 is 10.3 Å². The van der Waals surface area contributed by atoms with Crippen molar-refractivity contribution in [3.8, 4) is 0 Å². The molecule has 5 nitrogen and oxygen atoms in total. The molecule has 1 heterocycles. The number of amides is 1. The number of carbonyl (C=O) groups excluding carboxylic acids is 3. The number of nitrogens with one attached hydrogen (secondary N) is 2. The van der Waals surface area contributed by atoms with E-state index in [4.69, 9.17) is 0 Å². The maximum atomic E-state index is 12.7. The Kier molecular flexibility index (Phi) is 5.30. The summed E-state index contributed by atoms with van der Waals surface area (Å²) in [6.07, 6.45) is 1.25. The summed E-state index contributed by atoms with van der Waals surface area (Å²) in [5.41, 5.74) is 3.87. The van der Waals surface area contributed by atoms with Crippen LogP contribution in [-0.4, -0.2) is 29.0 Å². The van der Waals surface area contributed by atoms with E-state index in [0.29, 0.717) is 25.8 Å². The Hall–Kier alpha value is -3.21. The molecule has 4 rings (SSSR count). The molecule has 1 aliphatic carbocycles. The average Bonchev–Trinajstić information content (AvgIpc) is 3.24. The molecule has 1 aliphatic rings. The van der Waals surface area contributed by atoms with Crippen molar-refractivity contribution in [3.05, 3.63) is 71.4 Å². The Morgan fingerprint density at radius 1 is 1.03 bits per heavy atom. The van der Waals surface area contributed by atoms with Crippen molar-refractivity contribution >= 4 is 28.4 Å². The Balaban J connectivity index is 1.86. The molecule has 1 amide bonds. The Morgan fingerprint density at radius 3 is 2.38 bits per heavy atom. The van der Waals surface area contributed by atoms with Crippen molar-refractivity contribution in [3.63, 3.8) is 0 Å². The van der Waals surface area contributed by atoms with Gasteiger partial charge in [0, 0.05) is 48.8 Å². The summed E-state index contributed by atoms with van der Waals surface area (Å²) in [4.78, 5) is 40.3. The van der Waals surface area contributed by atoms with Gasteiger partial charge in [-0.2, -0.15) is 0 Å². The zero-order valence-corrected chi connectivity index (χ0v) is 16.4. The maximum Gasteiger partial charge on any atom is 0.216 e. The lowest BCUT2D eigenvalue weighted by atomic mass is 9.79. The number of ketones is 2. The molecule has 5 heteroatoms. The summed E-state index contributed by atoms with van der Waals surface area (Å²) < 4.78 is 0. The van der Waals surface area contributed by atoms with E-state index in [0.717, 1.165) is 27.7 Å². The van der Waals surface area contributed by atoms with E-state index in [9.17, 15) is 14.4 Å². The van der Waals surface area contributed by atoms with Crippen molar-refractivity contribution in [1.82, 2.24) is 10.3 Å². The Labute approximate surface area is 169 Å². The molecule has 1 saturated carbocycles. The molecule has 1 unspecified atom stereocenters. The first-order valence-electron chi connectivity index (χ1n) is 10.0. The lowest BCUT2D eigenvalue weighted by Crippen LogP contribution is -2.26. The van der Waals surface area contributed by atoms with Crippen molar-refractivity contribution in [2.75, 3.05) is 6.54 Å². The first-order chi connectivity index (χ1) is 14.1. The summed E-state index contributed by atoms with van der Waals surface area (Å²) >= 11 is 0. The monoisotopic (exact) mass is 388 g/mol. The van der Waals surface area contributed by atoms with Gasteiger partial charge in [-0.3, -0.25) is 14.4 Å². The average molecular weight is 388 g/mol. The van der Waals surface area contributed by atoms with Gasteiger partial charge in [-0.15, -0.1) is 0 Å². The largest absolute Gasteiger partial charge is 0.358 e. The van der Waals surface area contributed by atoms with Gasteiger partial charge in [0.15, 0.2) is 0 Å². The molecule has 2 N–H and O–H groups in total. The summed E-state index contributed by atoms with van der Waals surface area (Å²) in [6, 6.07) is 17.7. The number of hydrogen-bond donors (Lipinski definition) is 2. The molecule has 1 aromatic heterocycles. The van der Waals surface area contributed by atoms with E-state index in [-0.39, 0.29) is 23.4 Å². The van der Waals surface area contributed by atoms with Crippen LogP contribution in [0, 0.1) is 5.92 Å². The standard InChI is InChI=1S/C24H24N2O3/c1-15(27)25-14-13-18-17-9-5-6-10-19(17)26-24(18)22(16-7-3-2-4-8-16)23-20(28)11-12-21(23)29/h2-10,22-23,26H,11-14H2,1H3,(H,25,27). The van der Waals surface area contributed by atoms with Crippen LogP contribution in [0.25, 0.3) is 10.9 Å². The number of rotatable bonds is 6. The normalized spacial score (nSPS) is 15.8. The van der Waals surface area contributed by atoms with Gasteiger partial charge in [0.1, 0.15) is 11.6 Å². The molecule has 0 bridgehead atoms. The lowest BCUT2D eigenvalue weighted by molar-refractivity contribution is -0.127. The number of benzene rings is 2. The smallest absolute Gasteiger partial charge is 0.216 e. The zero-order valence-electron chi connectivity index (χ0n) is 16.4. The molecule has 0 spiro atoms. The van der Waals surface area contributed by atoms with Crippen LogP contribution in [0.2, 0.25) is 0 Å². The quantitative estimate of drug-likeness (QED) is 0.634. The van der Waals surface area contributed by atoms with Gasteiger partial charge in [0.25, 0.3) is 0 Å². The first-order valence-corrected chi connectivity index (χ1v) is 10.0. The van der Waals surface area contributed by atoms with Gasteiger partial charge in [0.05, 0.1) is 5.92 Å².